The van der Waals surface area contributed by atoms with E-state index >= 15 is 0 Å². The van der Waals surface area contributed by atoms with Crippen LogP contribution in [0.2, 0.25) is 0 Å². The number of H-pyrrole nitrogens is 1. The summed E-state index contributed by atoms with van der Waals surface area (Å²) in [5.41, 5.74) is 5.66. The van der Waals surface area contributed by atoms with E-state index in [0.29, 0.717) is 17.7 Å². The van der Waals surface area contributed by atoms with Crippen LogP contribution >= 0.6 is 11.3 Å². The zero-order valence-electron chi connectivity index (χ0n) is 14.9. The van der Waals surface area contributed by atoms with Crippen molar-refractivity contribution >= 4 is 34.4 Å². The number of rotatable bonds is 4. The predicted octanol–water partition coefficient (Wildman–Crippen LogP) is 2.22. The summed E-state index contributed by atoms with van der Waals surface area (Å²) in [5.74, 6) is -1.21. The van der Waals surface area contributed by atoms with E-state index in [9.17, 15) is 14.4 Å². The number of aldehydes is 1. The molecular weight excluding hydrogens is 356 g/mol. The number of carbonyl (C=O) groups is 3. The number of aromatic amines is 1. The second-order valence-corrected chi connectivity index (χ2v) is 8.31. The Kier molecular flexibility index (Phi) is 4.24. The van der Waals surface area contributed by atoms with Crippen molar-refractivity contribution in [3.05, 3.63) is 33.5 Å². The quantitative estimate of drug-likeness (QED) is 0.705. The van der Waals surface area contributed by atoms with E-state index in [4.69, 9.17) is 10.5 Å². The zero-order chi connectivity index (χ0) is 19.3. The molecule has 2 aromatic heterocycles. The fourth-order valence-corrected chi connectivity index (χ4v) is 4.66. The first-order valence-corrected chi connectivity index (χ1v) is 8.84. The number of anilines is 1. The summed E-state index contributed by atoms with van der Waals surface area (Å²) < 4.78 is 6.13. The van der Waals surface area contributed by atoms with Crippen LogP contribution in [0.3, 0.4) is 0 Å². The average molecular weight is 376 g/mol. The number of carbonyl (C=O) groups excluding carboxylic acids is 3. The maximum Gasteiger partial charge on any atom is 0.277 e. The lowest BCUT2D eigenvalue weighted by molar-refractivity contribution is -0.135. The van der Waals surface area contributed by atoms with E-state index in [1.165, 1.54) is 17.5 Å². The molecule has 0 unspecified atom stereocenters. The number of nitrogens with zero attached hydrogens (tertiary/aromatic N) is 1. The molecule has 1 aliphatic heterocycles. The van der Waals surface area contributed by atoms with Crippen LogP contribution in [0.15, 0.2) is 6.20 Å². The van der Waals surface area contributed by atoms with Crippen LogP contribution in [0.1, 0.15) is 69.3 Å². The molecule has 4 N–H and O–H groups in total. The number of hydrogen-bond donors (Lipinski definition) is 3. The molecule has 3 heterocycles. The third kappa shape index (κ3) is 3.04. The lowest BCUT2D eigenvalue weighted by Gasteiger charge is -2.41. The van der Waals surface area contributed by atoms with Crippen molar-refractivity contribution in [3.8, 4) is 0 Å². The number of ether oxygens (including phenoxy) is 1. The van der Waals surface area contributed by atoms with Crippen LogP contribution in [0.5, 0.6) is 0 Å². The summed E-state index contributed by atoms with van der Waals surface area (Å²) >= 11 is 1.25. The van der Waals surface area contributed by atoms with Gasteiger partial charge in [-0.25, -0.2) is 0 Å². The van der Waals surface area contributed by atoms with Gasteiger partial charge in [-0.3, -0.25) is 19.5 Å². The van der Waals surface area contributed by atoms with Crippen LogP contribution in [0, 0.1) is 0 Å². The molecule has 0 radical (unpaired) electrons. The SMILES string of the molecule is CC1(C)Cc2c(sc(NC(=O)c3n[nH]cc3C=O)c2C(N)=O)C(C)(C)O1. The first kappa shape index (κ1) is 18.3. The Labute approximate surface area is 154 Å². The molecule has 0 fully saturated rings. The number of fused-ring (bicyclic) bond motifs is 1. The fraction of sp³-hybridized carbons (Fsp3) is 0.412. The Morgan fingerprint density at radius 3 is 2.69 bits per heavy atom. The van der Waals surface area contributed by atoms with E-state index in [1.54, 1.807) is 0 Å². The van der Waals surface area contributed by atoms with Gasteiger partial charge >= 0.3 is 0 Å². The van der Waals surface area contributed by atoms with Crippen LogP contribution in [0.4, 0.5) is 5.00 Å². The highest BCUT2D eigenvalue weighted by atomic mass is 32.1. The van der Waals surface area contributed by atoms with Crippen molar-refractivity contribution in [1.82, 2.24) is 10.2 Å². The van der Waals surface area contributed by atoms with Gasteiger partial charge in [-0.1, -0.05) is 0 Å². The third-order valence-corrected chi connectivity index (χ3v) is 5.63. The number of aromatic nitrogens is 2. The molecule has 9 heteroatoms. The third-order valence-electron chi connectivity index (χ3n) is 4.17. The summed E-state index contributed by atoms with van der Waals surface area (Å²) in [6.07, 6.45) is 2.36. The summed E-state index contributed by atoms with van der Waals surface area (Å²) in [7, 11) is 0. The van der Waals surface area contributed by atoms with Crippen molar-refractivity contribution < 1.29 is 19.1 Å². The summed E-state index contributed by atoms with van der Waals surface area (Å²) in [6.45, 7) is 7.71. The molecule has 2 aromatic rings. The first-order chi connectivity index (χ1) is 12.1. The van der Waals surface area contributed by atoms with Gasteiger partial charge < -0.3 is 15.8 Å². The van der Waals surface area contributed by atoms with Crippen molar-refractivity contribution in [2.75, 3.05) is 5.32 Å². The molecule has 138 valence electrons. The molecule has 0 aromatic carbocycles. The highest BCUT2D eigenvalue weighted by molar-refractivity contribution is 7.17. The standard InChI is InChI=1S/C17H20N4O4S/c1-16(2)5-9-10(13(18)23)15(26-12(9)17(3,4)25-16)20-14(24)11-8(7-22)6-19-21-11/h6-7H,5H2,1-4H3,(H2,18,23)(H,19,21)(H,20,24). The lowest BCUT2D eigenvalue weighted by atomic mass is 9.86. The highest BCUT2D eigenvalue weighted by Gasteiger charge is 2.43. The average Bonchev–Trinajstić information content (AvgIpc) is 3.09. The fourth-order valence-electron chi connectivity index (χ4n) is 3.40. The summed E-state index contributed by atoms with van der Waals surface area (Å²) in [5, 5.41) is 9.27. The Morgan fingerprint density at radius 2 is 2.08 bits per heavy atom. The van der Waals surface area contributed by atoms with Gasteiger partial charge in [-0.05, 0) is 33.3 Å². The topological polar surface area (TPSA) is 127 Å². The van der Waals surface area contributed by atoms with Crippen molar-refractivity contribution in [3.63, 3.8) is 0 Å². The van der Waals surface area contributed by atoms with E-state index in [2.05, 4.69) is 15.5 Å². The number of amides is 2. The van der Waals surface area contributed by atoms with Gasteiger partial charge in [0.15, 0.2) is 12.0 Å². The van der Waals surface area contributed by atoms with E-state index in [1.807, 2.05) is 27.7 Å². The van der Waals surface area contributed by atoms with Gasteiger partial charge in [0.25, 0.3) is 11.8 Å². The summed E-state index contributed by atoms with van der Waals surface area (Å²) in [4.78, 5) is 36.5. The minimum absolute atomic E-state index is 0.0439. The van der Waals surface area contributed by atoms with Crippen molar-refractivity contribution in [2.24, 2.45) is 5.73 Å². The van der Waals surface area contributed by atoms with Crippen LogP contribution in [-0.4, -0.2) is 33.9 Å². The molecule has 0 spiro atoms. The molecular formula is C17H20N4O4S. The van der Waals surface area contributed by atoms with E-state index < -0.39 is 23.0 Å². The number of nitrogens with one attached hydrogen (secondary N) is 2. The second-order valence-electron chi connectivity index (χ2n) is 7.29. The maximum absolute atomic E-state index is 12.5. The van der Waals surface area contributed by atoms with Crippen molar-refractivity contribution in [2.45, 2.75) is 45.3 Å². The van der Waals surface area contributed by atoms with Gasteiger partial charge in [-0.2, -0.15) is 5.10 Å². The Morgan fingerprint density at radius 1 is 1.38 bits per heavy atom. The number of hydrogen-bond acceptors (Lipinski definition) is 6. The van der Waals surface area contributed by atoms with Crippen LogP contribution in [0.25, 0.3) is 0 Å². The highest BCUT2D eigenvalue weighted by Crippen LogP contribution is 2.48. The summed E-state index contributed by atoms with van der Waals surface area (Å²) in [6, 6.07) is 0. The first-order valence-electron chi connectivity index (χ1n) is 8.02. The zero-order valence-corrected chi connectivity index (χ0v) is 15.7. The number of nitrogens with two attached hydrogens (primary N) is 1. The van der Waals surface area contributed by atoms with Gasteiger partial charge in [0, 0.05) is 17.5 Å². The molecule has 3 rings (SSSR count). The Bertz CT molecular complexity index is 910. The maximum atomic E-state index is 12.5. The van der Waals surface area contributed by atoms with E-state index in [0.717, 1.165) is 10.4 Å². The van der Waals surface area contributed by atoms with E-state index in [-0.39, 0.29) is 16.8 Å². The van der Waals surface area contributed by atoms with Gasteiger partial charge in [-0.15, -0.1) is 11.3 Å². The number of primary amides is 1. The normalized spacial score (nSPS) is 17.4. The molecule has 0 bridgehead atoms. The van der Waals surface area contributed by atoms with Gasteiger partial charge in [0.1, 0.15) is 5.00 Å². The minimum atomic E-state index is -0.630. The van der Waals surface area contributed by atoms with Crippen LogP contribution in [-0.2, 0) is 16.8 Å². The molecule has 0 saturated heterocycles. The lowest BCUT2D eigenvalue weighted by Crippen LogP contribution is -2.42. The second kappa shape index (κ2) is 6.03. The molecule has 0 saturated carbocycles. The predicted molar refractivity (Wildman–Crippen MR) is 96.7 cm³/mol. The van der Waals surface area contributed by atoms with Crippen molar-refractivity contribution in [1.29, 1.82) is 0 Å². The largest absolute Gasteiger partial charge is 0.365 e. The molecule has 2 amide bonds. The van der Waals surface area contributed by atoms with Gasteiger partial charge in [0.05, 0.1) is 22.3 Å². The molecule has 26 heavy (non-hydrogen) atoms. The minimum Gasteiger partial charge on any atom is -0.365 e. The Hall–Kier alpha value is -2.52. The monoisotopic (exact) mass is 376 g/mol. The van der Waals surface area contributed by atoms with Crippen LogP contribution < -0.4 is 11.1 Å². The number of thiophene rings is 1. The molecule has 8 nitrogen and oxygen atoms in total. The Balaban J connectivity index is 2.07. The van der Waals surface area contributed by atoms with Gasteiger partial charge in [0.2, 0.25) is 0 Å². The molecule has 0 atom stereocenters. The molecule has 0 aliphatic carbocycles. The molecule has 1 aliphatic rings. The smallest absolute Gasteiger partial charge is 0.277 e.